The van der Waals surface area contributed by atoms with Crippen molar-refractivity contribution in [2.24, 2.45) is 0 Å². The van der Waals surface area contributed by atoms with Crippen molar-refractivity contribution in [1.82, 2.24) is 0 Å². The summed E-state index contributed by atoms with van der Waals surface area (Å²) in [4.78, 5) is 72.7. The van der Waals surface area contributed by atoms with Gasteiger partial charge in [0.25, 0.3) is 0 Å². The molecule has 0 N–H and O–H groups in total. The van der Waals surface area contributed by atoms with E-state index in [2.05, 4.69) is 0 Å². The van der Waals surface area contributed by atoms with Crippen LogP contribution in [-0.4, -0.2) is 57.0 Å². The van der Waals surface area contributed by atoms with Gasteiger partial charge in [-0.05, 0) is 112 Å². The predicted molar refractivity (Wildman–Crippen MR) is 231 cm³/mol. The highest BCUT2D eigenvalue weighted by Crippen LogP contribution is 2.22. The second kappa shape index (κ2) is 23.9. The van der Waals surface area contributed by atoms with E-state index in [9.17, 15) is 28.8 Å². The van der Waals surface area contributed by atoms with Crippen molar-refractivity contribution in [3.63, 3.8) is 0 Å². The maximum Gasteiger partial charge on any atom is 0.336 e. The average molecular weight is 867 g/mol. The Bertz CT molecular complexity index is 2500. The predicted octanol–water partition coefficient (Wildman–Crippen LogP) is 8.22. The Morgan fingerprint density at radius 1 is 0.413 bits per heavy atom. The highest BCUT2D eigenvalue weighted by molar-refractivity contribution is 5.79. The highest BCUT2D eigenvalue weighted by atomic mass is 16.6. The van der Waals surface area contributed by atoms with Gasteiger partial charge in [-0.25, -0.2) is 14.4 Å². The lowest BCUT2D eigenvalue weighted by Crippen LogP contribution is -2.30. The Morgan fingerprint density at radius 2 is 0.746 bits per heavy atom. The molecular weight excluding hydrogens is 817 g/mol. The van der Waals surface area contributed by atoms with Crippen molar-refractivity contribution in [3.05, 3.63) is 122 Å². The fraction of sp³-hybridized carbons (Fsp3) is 0.375. The Hall–Kier alpha value is -6.90. The molecule has 15 nitrogen and oxygen atoms in total. The number of carbonyl (C=O) groups excluding carboxylic acids is 3. The lowest BCUT2D eigenvalue weighted by Gasteiger charge is -2.18. The number of rotatable bonds is 26. The summed E-state index contributed by atoms with van der Waals surface area (Å²) in [6, 6.07) is 24.9. The first-order valence-electron chi connectivity index (χ1n) is 21.2. The lowest BCUT2D eigenvalue weighted by molar-refractivity contribution is -0.167. The number of ether oxygens (including phenoxy) is 6. The Labute approximate surface area is 361 Å². The molecule has 0 amide bonds. The summed E-state index contributed by atoms with van der Waals surface area (Å²) in [5.74, 6) is 0.248. The topological polar surface area (TPSA) is 197 Å². The summed E-state index contributed by atoms with van der Waals surface area (Å²) >= 11 is 0. The van der Waals surface area contributed by atoms with Crippen LogP contribution in [0.4, 0.5) is 0 Å². The Balaban J connectivity index is 0.876. The molecule has 0 saturated heterocycles. The van der Waals surface area contributed by atoms with Gasteiger partial charge in [0.05, 0.1) is 19.8 Å². The number of esters is 3. The van der Waals surface area contributed by atoms with Gasteiger partial charge in [-0.15, -0.1) is 0 Å². The molecule has 0 aliphatic rings. The number of hydrogen-bond donors (Lipinski definition) is 0. The lowest BCUT2D eigenvalue weighted by atomic mass is 10.2. The van der Waals surface area contributed by atoms with E-state index >= 15 is 0 Å². The molecule has 63 heavy (non-hydrogen) atoms. The summed E-state index contributed by atoms with van der Waals surface area (Å²) in [6.07, 6.45) is 5.05. The summed E-state index contributed by atoms with van der Waals surface area (Å²) < 4.78 is 49.4. The van der Waals surface area contributed by atoms with Crippen LogP contribution in [0.2, 0.25) is 0 Å². The van der Waals surface area contributed by atoms with Gasteiger partial charge in [0.1, 0.15) is 47.2 Å². The zero-order valence-corrected chi connectivity index (χ0v) is 34.9. The molecular formula is C48H50O15. The van der Waals surface area contributed by atoms with Crippen molar-refractivity contribution >= 4 is 50.8 Å². The molecule has 0 aliphatic carbocycles. The maximum absolute atomic E-state index is 12.8. The fourth-order valence-corrected chi connectivity index (χ4v) is 6.48. The third kappa shape index (κ3) is 15.5. The number of fused-ring (bicyclic) bond motifs is 3. The molecule has 0 unspecified atom stereocenters. The molecule has 0 aliphatic heterocycles. The van der Waals surface area contributed by atoms with Crippen LogP contribution in [-0.2, 0) is 28.6 Å². The van der Waals surface area contributed by atoms with Crippen LogP contribution >= 0.6 is 0 Å². The second-order valence-corrected chi connectivity index (χ2v) is 14.8. The van der Waals surface area contributed by atoms with Gasteiger partial charge in [-0.2, -0.15) is 0 Å². The zero-order valence-electron chi connectivity index (χ0n) is 34.9. The van der Waals surface area contributed by atoms with Crippen LogP contribution in [0.3, 0.4) is 0 Å². The standard InChI is InChI=1S/C48H50O15/c49-43(10-4-1-7-25-55-36-19-13-33-16-22-46(52)61-40(33)28-36)58-31-39(60-45(51)12-6-3-9-27-57-38-21-15-35-18-24-48(54)63-42(35)30-38)32-59-44(50)11-5-2-8-26-56-37-20-14-34-17-23-47(53)62-41(34)29-37/h13-24,28-30,39H,1-12,25-27,31-32H2. The molecule has 332 valence electrons. The van der Waals surface area contributed by atoms with Gasteiger partial charge in [0.2, 0.25) is 0 Å². The van der Waals surface area contributed by atoms with Gasteiger partial charge >= 0.3 is 34.8 Å². The maximum atomic E-state index is 12.8. The van der Waals surface area contributed by atoms with E-state index in [1.807, 2.05) is 12.1 Å². The molecule has 0 bridgehead atoms. The summed E-state index contributed by atoms with van der Waals surface area (Å²) in [6.45, 7) is 0.659. The molecule has 0 radical (unpaired) electrons. The summed E-state index contributed by atoms with van der Waals surface area (Å²) in [5, 5.41) is 2.37. The van der Waals surface area contributed by atoms with Gasteiger partial charge < -0.3 is 41.7 Å². The normalized spacial score (nSPS) is 11.2. The first kappa shape index (κ1) is 45.6. The third-order valence-corrected chi connectivity index (χ3v) is 9.82. The van der Waals surface area contributed by atoms with Crippen molar-refractivity contribution in [2.45, 2.75) is 83.2 Å². The zero-order chi connectivity index (χ0) is 44.2. The molecule has 6 aromatic rings. The van der Waals surface area contributed by atoms with Crippen LogP contribution in [0.1, 0.15) is 77.0 Å². The van der Waals surface area contributed by atoms with E-state index < -0.39 is 40.9 Å². The van der Waals surface area contributed by atoms with E-state index in [-0.39, 0.29) is 32.5 Å². The van der Waals surface area contributed by atoms with Gasteiger partial charge in [-0.1, -0.05) is 0 Å². The van der Waals surface area contributed by atoms with E-state index in [1.54, 1.807) is 60.7 Å². The molecule has 0 atom stereocenters. The molecule has 6 rings (SSSR count). The number of carbonyl (C=O) groups is 3. The quantitative estimate of drug-likeness (QED) is 0.0219. The van der Waals surface area contributed by atoms with Crippen LogP contribution in [0.5, 0.6) is 17.2 Å². The number of unbranched alkanes of at least 4 members (excludes halogenated alkanes) is 6. The molecule has 3 heterocycles. The van der Waals surface area contributed by atoms with Crippen LogP contribution in [0.25, 0.3) is 32.9 Å². The molecule has 0 saturated carbocycles. The van der Waals surface area contributed by atoms with Gasteiger partial charge in [0.15, 0.2) is 6.10 Å². The van der Waals surface area contributed by atoms with Crippen LogP contribution in [0, 0.1) is 0 Å². The van der Waals surface area contributed by atoms with Crippen LogP contribution < -0.4 is 31.1 Å². The molecule has 3 aromatic carbocycles. The van der Waals surface area contributed by atoms with E-state index in [4.69, 9.17) is 41.7 Å². The smallest absolute Gasteiger partial charge is 0.336 e. The Kier molecular flexibility index (Phi) is 17.3. The summed E-state index contributed by atoms with van der Waals surface area (Å²) in [7, 11) is 0. The molecule has 15 heteroatoms. The average Bonchev–Trinajstić information content (AvgIpc) is 3.27. The number of hydrogen-bond acceptors (Lipinski definition) is 15. The SMILES string of the molecule is O=C(CCCCCOc1ccc2ccc(=O)oc2c1)OCC(COC(=O)CCCCCOc1ccc2ccc(=O)oc2c1)OC(=O)CCCCCOc1ccc2ccc(=O)oc2c1. The Morgan fingerprint density at radius 3 is 1.11 bits per heavy atom. The van der Waals surface area contributed by atoms with Crippen molar-refractivity contribution in [3.8, 4) is 17.2 Å². The highest BCUT2D eigenvalue weighted by Gasteiger charge is 2.20. The van der Waals surface area contributed by atoms with Crippen molar-refractivity contribution < 1.29 is 56.1 Å². The first-order chi connectivity index (χ1) is 30.7. The van der Waals surface area contributed by atoms with E-state index in [1.165, 1.54) is 18.2 Å². The molecule has 0 fully saturated rings. The van der Waals surface area contributed by atoms with Crippen molar-refractivity contribution in [1.29, 1.82) is 0 Å². The largest absolute Gasteiger partial charge is 0.493 e. The summed E-state index contributed by atoms with van der Waals surface area (Å²) in [5.41, 5.74) is 0.00288. The van der Waals surface area contributed by atoms with E-state index in [0.717, 1.165) is 16.2 Å². The minimum atomic E-state index is -0.985. The van der Waals surface area contributed by atoms with Crippen molar-refractivity contribution in [2.75, 3.05) is 33.0 Å². The minimum Gasteiger partial charge on any atom is -0.493 e. The van der Waals surface area contributed by atoms with Gasteiger partial charge in [0, 0.05) is 71.8 Å². The molecule has 3 aromatic heterocycles. The third-order valence-electron chi connectivity index (χ3n) is 9.82. The monoisotopic (exact) mass is 866 g/mol. The molecule has 0 spiro atoms. The van der Waals surface area contributed by atoms with Gasteiger partial charge in [-0.3, -0.25) is 14.4 Å². The minimum absolute atomic E-state index is 0.102. The first-order valence-corrected chi connectivity index (χ1v) is 21.2. The second-order valence-electron chi connectivity index (χ2n) is 14.8. The van der Waals surface area contributed by atoms with E-state index in [0.29, 0.717) is 112 Å². The number of benzene rings is 3. The van der Waals surface area contributed by atoms with Crippen LogP contribution in [0.15, 0.2) is 119 Å². The fourth-order valence-electron chi connectivity index (χ4n) is 6.48.